The van der Waals surface area contributed by atoms with Crippen LogP contribution in [0.25, 0.3) is 0 Å². The number of nitrogens with one attached hydrogen (secondary N) is 3. The molecule has 1 unspecified atom stereocenters. The molecule has 2 rings (SSSR count). The molecule has 6 nitrogen and oxygen atoms in total. The van der Waals surface area contributed by atoms with Crippen molar-refractivity contribution in [1.82, 2.24) is 20.9 Å². The van der Waals surface area contributed by atoms with E-state index in [0.29, 0.717) is 30.3 Å². The Balaban J connectivity index is 0.00000392. The molecular formula is C20H33FIN5O. The van der Waals surface area contributed by atoms with Crippen LogP contribution in [0.1, 0.15) is 42.6 Å². The van der Waals surface area contributed by atoms with E-state index in [9.17, 15) is 9.18 Å². The largest absolute Gasteiger partial charge is 0.357 e. The number of likely N-dealkylation sites (tertiary alicyclic amines) is 1. The van der Waals surface area contributed by atoms with Gasteiger partial charge in [0.15, 0.2) is 5.96 Å². The zero-order chi connectivity index (χ0) is 19.6. The number of hydrogen-bond acceptors (Lipinski definition) is 3. The van der Waals surface area contributed by atoms with Gasteiger partial charge in [0.25, 0.3) is 5.91 Å². The third kappa shape index (κ3) is 7.54. The average Bonchev–Trinajstić information content (AvgIpc) is 3.12. The molecule has 1 heterocycles. The highest BCUT2D eigenvalue weighted by Gasteiger charge is 2.22. The van der Waals surface area contributed by atoms with Crippen molar-refractivity contribution in [3.8, 4) is 0 Å². The second-order valence-electron chi connectivity index (χ2n) is 6.79. The second-order valence-corrected chi connectivity index (χ2v) is 6.79. The summed E-state index contributed by atoms with van der Waals surface area (Å²) in [6.07, 6.45) is 2.43. The summed E-state index contributed by atoms with van der Waals surface area (Å²) in [7, 11) is 0. The van der Waals surface area contributed by atoms with Crippen LogP contribution >= 0.6 is 24.0 Å². The predicted molar refractivity (Wildman–Crippen MR) is 123 cm³/mol. The van der Waals surface area contributed by atoms with Gasteiger partial charge in [-0.2, -0.15) is 0 Å². The standard InChI is InChI=1S/C20H32FN5O.HI/c1-4-22-20(25-14-17-7-6-12-26(17)5-2)24-11-10-23-19(27)16-9-8-15(3)18(21)13-16;/h8-9,13,17H,4-7,10-12,14H2,1-3H3,(H,23,27)(H2,22,24,25);1H. The molecule has 28 heavy (non-hydrogen) atoms. The number of aliphatic imine (C=N–C) groups is 1. The SMILES string of the molecule is CCNC(=NCC1CCCN1CC)NCCNC(=O)c1ccc(C)c(F)c1.I. The van der Waals surface area contributed by atoms with Crippen LogP contribution in [0.4, 0.5) is 4.39 Å². The molecule has 0 spiro atoms. The lowest BCUT2D eigenvalue weighted by Crippen LogP contribution is -2.42. The third-order valence-electron chi connectivity index (χ3n) is 4.85. The molecule has 1 amide bonds. The fourth-order valence-corrected chi connectivity index (χ4v) is 3.25. The highest BCUT2D eigenvalue weighted by Crippen LogP contribution is 2.16. The Morgan fingerprint density at radius 1 is 1.25 bits per heavy atom. The van der Waals surface area contributed by atoms with E-state index in [1.165, 1.54) is 18.9 Å². The molecule has 1 atom stereocenters. The predicted octanol–water partition coefficient (Wildman–Crippen LogP) is 2.52. The minimum atomic E-state index is -0.365. The van der Waals surface area contributed by atoms with Crippen LogP contribution < -0.4 is 16.0 Å². The van der Waals surface area contributed by atoms with E-state index in [4.69, 9.17) is 0 Å². The number of benzene rings is 1. The number of likely N-dealkylation sites (N-methyl/N-ethyl adjacent to an activating group) is 1. The van der Waals surface area contributed by atoms with Crippen molar-refractivity contribution >= 4 is 35.8 Å². The first-order chi connectivity index (χ1) is 13.0. The number of amides is 1. The first-order valence-electron chi connectivity index (χ1n) is 9.85. The molecule has 0 saturated carbocycles. The summed E-state index contributed by atoms with van der Waals surface area (Å²) in [5.41, 5.74) is 0.864. The minimum Gasteiger partial charge on any atom is -0.357 e. The molecule has 1 aromatic rings. The molecule has 8 heteroatoms. The number of carbonyl (C=O) groups excluding carboxylic acids is 1. The highest BCUT2D eigenvalue weighted by atomic mass is 127. The van der Waals surface area contributed by atoms with Crippen molar-refractivity contribution < 1.29 is 9.18 Å². The normalized spacial score (nSPS) is 17.1. The molecule has 1 aliphatic rings. The summed E-state index contributed by atoms with van der Waals surface area (Å²) in [5, 5.41) is 9.26. The lowest BCUT2D eigenvalue weighted by Gasteiger charge is -2.21. The summed E-state index contributed by atoms with van der Waals surface area (Å²) in [4.78, 5) is 19.2. The number of halogens is 2. The molecule has 0 aliphatic carbocycles. The molecule has 1 aromatic carbocycles. The molecule has 0 aromatic heterocycles. The van der Waals surface area contributed by atoms with Crippen LogP contribution in [0, 0.1) is 12.7 Å². The fraction of sp³-hybridized carbons (Fsp3) is 0.600. The number of nitrogens with zero attached hydrogens (tertiary/aromatic N) is 2. The molecule has 158 valence electrons. The van der Waals surface area contributed by atoms with Gasteiger partial charge in [-0.1, -0.05) is 13.0 Å². The van der Waals surface area contributed by atoms with Gasteiger partial charge >= 0.3 is 0 Å². The van der Waals surface area contributed by atoms with E-state index in [1.54, 1.807) is 19.1 Å². The van der Waals surface area contributed by atoms with E-state index >= 15 is 0 Å². The average molecular weight is 505 g/mol. The number of hydrogen-bond donors (Lipinski definition) is 3. The van der Waals surface area contributed by atoms with Gasteiger partial charge in [0.1, 0.15) is 5.82 Å². The third-order valence-corrected chi connectivity index (χ3v) is 4.85. The minimum absolute atomic E-state index is 0. The smallest absolute Gasteiger partial charge is 0.251 e. The van der Waals surface area contributed by atoms with Crippen molar-refractivity contribution in [1.29, 1.82) is 0 Å². The van der Waals surface area contributed by atoms with Crippen LogP contribution in [0.15, 0.2) is 23.2 Å². The van der Waals surface area contributed by atoms with Gasteiger partial charge in [0, 0.05) is 31.2 Å². The van der Waals surface area contributed by atoms with E-state index in [-0.39, 0.29) is 35.7 Å². The lowest BCUT2D eigenvalue weighted by atomic mass is 10.1. The second kappa shape index (κ2) is 12.9. The highest BCUT2D eigenvalue weighted by molar-refractivity contribution is 14.0. The van der Waals surface area contributed by atoms with E-state index in [1.807, 2.05) is 6.92 Å². The zero-order valence-corrected chi connectivity index (χ0v) is 19.4. The number of aryl methyl sites for hydroxylation is 1. The van der Waals surface area contributed by atoms with Gasteiger partial charge in [0.2, 0.25) is 0 Å². The van der Waals surface area contributed by atoms with Crippen molar-refractivity contribution in [3.05, 3.63) is 35.1 Å². The van der Waals surface area contributed by atoms with E-state index in [2.05, 4.69) is 32.8 Å². The molecule has 0 radical (unpaired) electrons. The molecule has 1 fully saturated rings. The number of carbonyl (C=O) groups is 1. The number of guanidine groups is 1. The summed E-state index contributed by atoms with van der Waals surface area (Å²) in [5.74, 6) is 0.119. The Kier molecular flexibility index (Phi) is 11.4. The first kappa shape index (κ1) is 24.6. The molecule has 1 aliphatic heterocycles. The Hall–Kier alpha value is -1.42. The lowest BCUT2D eigenvalue weighted by molar-refractivity contribution is 0.0954. The van der Waals surface area contributed by atoms with Crippen LogP contribution in [-0.4, -0.2) is 62.1 Å². The van der Waals surface area contributed by atoms with Crippen LogP contribution in [-0.2, 0) is 0 Å². The summed E-state index contributed by atoms with van der Waals surface area (Å²) >= 11 is 0. The van der Waals surface area contributed by atoms with Crippen molar-refractivity contribution in [2.75, 3.05) is 39.3 Å². The monoisotopic (exact) mass is 505 g/mol. The van der Waals surface area contributed by atoms with Crippen LogP contribution in [0.3, 0.4) is 0 Å². The van der Waals surface area contributed by atoms with Gasteiger partial charge in [0.05, 0.1) is 6.54 Å². The van der Waals surface area contributed by atoms with Gasteiger partial charge in [-0.25, -0.2) is 4.39 Å². The van der Waals surface area contributed by atoms with Crippen molar-refractivity contribution in [2.24, 2.45) is 4.99 Å². The van der Waals surface area contributed by atoms with Crippen molar-refractivity contribution in [3.63, 3.8) is 0 Å². The summed E-state index contributed by atoms with van der Waals surface area (Å²) in [6, 6.07) is 5.03. The Bertz CT molecular complexity index is 655. The maximum absolute atomic E-state index is 13.6. The maximum atomic E-state index is 13.6. The van der Waals surface area contributed by atoms with Gasteiger partial charge in [-0.3, -0.25) is 14.7 Å². The first-order valence-corrected chi connectivity index (χ1v) is 9.85. The molecular weight excluding hydrogens is 472 g/mol. The van der Waals surface area contributed by atoms with Crippen LogP contribution in [0.5, 0.6) is 0 Å². The summed E-state index contributed by atoms with van der Waals surface area (Å²) in [6.45, 7) is 10.7. The van der Waals surface area contributed by atoms with E-state index in [0.717, 1.165) is 32.1 Å². The Morgan fingerprint density at radius 2 is 2.00 bits per heavy atom. The molecule has 3 N–H and O–H groups in total. The Morgan fingerprint density at radius 3 is 2.68 bits per heavy atom. The van der Waals surface area contributed by atoms with Gasteiger partial charge in [-0.15, -0.1) is 24.0 Å². The van der Waals surface area contributed by atoms with Gasteiger partial charge < -0.3 is 16.0 Å². The zero-order valence-electron chi connectivity index (χ0n) is 17.1. The number of rotatable bonds is 8. The maximum Gasteiger partial charge on any atom is 0.251 e. The van der Waals surface area contributed by atoms with E-state index < -0.39 is 0 Å². The van der Waals surface area contributed by atoms with Gasteiger partial charge in [-0.05, 0) is 57.5 Å². The quantitative estimate of drug-likeness (QED) is 0.220. The van der Waals surface area contributed by atoms with Crippen LogP contribution in [0.2, 0.25) is 0 Å². The Labute approximate surface area is 184 Å². The molecule has 1 saturated heterocycles. The molecule has 0 bridgehead atoms. The fourth-order valence-electron chi connectivity index (χ4n) is 3.25. The summed E-state index contributed by atoms with van der Waals surface area (Å²) < 4.78 is 13.6. The van der Waals surface area contributed by atoms with Crippen molar-refractivity contribution in [2.45, 2.75) is 39.7 Å². The topological polar surface area (TPSA) is 68.8 Å².